The van der Waals surface area contributed by atoms with Crippen LogP contribution in [0.2, 0.25) is 0 Å². The third-order valence-corrected chi connectivity index (χ3v) is 3.69. The van der Waals surface area contributed by atoms with Gasteiger partial charge in [0.15, 0.2) is 0 Å². The highest BCUT2D eigenvalue weighted by Crippen LogP contribution is 2.59. The van der Waals surface area contributed by atoms with Crippen LogP contribution in [0.3, 0.4) is 0 Å². The van der Waals surface area contributed by atoms with Crippen molar-refractivity contribution < 1.29 is 13.6 Å². The van der Waals surface area contributed by atoms with E-state index < -0.39 is 7.60 Å². The molecular formula is C9H12O3P. The van der Waals surface area contributed by atoms with Gasteiger partial charge in [-0.15, -0.1) is 0 Å². The van der Waals surface area contributed by atoms with E-state index in [1.54, 1.807) is 0 Å². The van der Waals surface area contributed by atoms with E-state index in [0.29, 0.717) is 5.31 Å². The van der Waals surface area contributed by atoms with Crippen LogP contribution in [0.1, 0.15) is 0 Å². The van der Waals surface area contributed by atoms with Crippen molar-refractivity contribution in [2.24, 2.45) is 0 Å². The summed E-state index contributed by atoms with van der Waals surface area (Å²) in [4.78, 5) is 0. The second kappa shape index (κ2) is 4.41. The molecule has 0 atom stereocenters. The summed E-state index contributed by atoms with van der Waals surface area (Å²) in [7, 11) is -0.464. The van der Waals surface area contributed by atoms with Crippen molar-refractivity contribution in [3.05, 3.63) is 43.5 Å². The molecule has 3 nitrogen and oxygen atoms in total. The average Bonchev–Trinajstić information content (AvgIpc) is 2.68. The maximum Gasteiger partial charge on any atom is 0.356 e. The highest BCUT2D eigenvalue weighted by atomic mass is 31.2. The molecule has 5 radical (unpaired) electrons. The van der Waals surface area contributed by atoms with Gasteiger partial charge in [0.05, 0.1) is 0 Å². The molecule has 0 aromatic heterocycles. The quantitative estimate of drug-likeness (QED) is 0.652. The van der Waals surface area contributed by atoms with E-state index in [1.165, 1.54) is 14.2 Å². The Kier molecular flexibility index (Phi) is 3.72. The molecule has 71 valence electrons. The highest BCUT2D eigenvalue weighted by Gasteiger charge is 2.34. The molecule has 0 bridgehead atoms. The van der Waals surface area contributed by atoms with Gasteiger partial charge in [0.2, 0.25) is 0 Å². The van der Waals surface area contributed by atoms with Crippen LogP contribution < -0.4 is 0 Å². The van der Waals surface area contributed by atoms with Crippen LogP contribution in [0.15, 0.2) is 11.9 Å². The lowest BCUT2D eigenvalue weighted by Gasteiger charge is -2.19. The molecule has 0 saturated heterocycles. The van der Waals surface area contributed by atoms with Crippen LogP contribution in [-0.4, -0.2) is 14.2 Å². The van der Waals surface area contributed by atoms with Gasteiger partial charge in [-0.3, -0.25) is 4.57 Å². The third kappa shape index (κ3) is 2.22. The van der Waals surface area contributed by atoms with Gasteiger partial charge in [-0.05, 0) is 25.7 Å². The first kappa shape index (κ1) is 11.0. The summed E-state index contributed by atoms with van der Waals surface area (Å²) in [5.41, 5.74) is 0. The van der Waals surface area contributed by atoms with Gasteiger partial charge < -0.3 is 9.05 Å². The summed E-state index contributed by atoms with van der Waals surface area (Å²) in [5, 5.41) is 0.391. The Bertz CT molecular complexity index is 223. The molecule has 0 heterocycles. The molecule has 1 fully saturated rings. The van der Waals surface area contributed by atoms with Crippen molar-refractivity contribution in [2.75, 3.05) is 14.2 Å². The fourth-order valence-electron chi connectivity index (χ4n) is 1.02. The first-order valence-electron chi connectivity index (χ1n) is 3.77. The lowest BCUT2D eigenvalue weighted by Crippen LogP contribution is -2.00. The van der Waals surface area contributed by atoms with Crippen molar-refractivity contribution in [1.29, 1.82) is 0 Å². The number of hydrogen-bond donors (Lipinski definition) is 0. The second-order valence-corrected chi connectivity index (χ2v) is 4.75. The number of hydrogen-bond acceptors (Lipinski definition) is 3. The first-order chi connectivity index (χ1) is 6.14. The Morgan fingerprint density at radius 3 is 2.15 bits per heavy atom. The maximum absolute atomic E-state index is 11.8. The molecule has 0 amide bonds. The summed E-state index contributed by atoms with van der Waals surface area (Å²) in [6.45, 7) is 3.70. The minimum Gasteiger partial charge on any atom is -0.309 e. The second-order valence-electron chi connectivity index (χ2n) is 2.48. The van der Waals surface area contributed by atoms with Crippen molar-refractivity contribution in [3.8, 4) is 0 Å². The van der Waals surface area contributed by atoms with Gasteiger partial charge in [-0.2, -0.15) is 0 Å². The SMILES string of the molecule is C=C([C]1[CH][CH][CH][CH]1)P(=O)(OC)OC. The van der Waals surface area contributed by atoms with Crippen LogP contribution in [0, 0.1) is 31.6 Å². The molecular weight excluding hydrogens is 187 g/mol. The Balaban J connectivity index is 2.69. The van der Waals surface area contributed by atoms with E-state index in [-0.39, 0.29) is 0 Å². The minimum absolute atomic E-state index is 0.391. The van der Waals surface area contributed by atoms with E-state index >= 15 is 0 Å². The van der Waals surface area contributed by atoms with E-state index in [1.807, 2.05) is 25.7 Å². The zero-order valence-corrected chi connectivity index (χ0v) is 8.58. The lowest BCUT2D eigenvalue weighted by atomic mass is 10.1. The van der Waals surface area contributed by atoms with E-state index in [9.17, 15) is 4.57 Å². The minimum atomic E-state index is -3.16. The zero-order chi connectivity index (χ0) is 9.90. The van der Waals surface area contributed by atoms with E-state index in [0.717, 1.165) is 5.92 Å². The Hall–Kier alpha value is -0.110. The topological polar surface area (TPSA) is 35.5 Å². The fraction of sp³-hybridized carbons (Fsp3) is 0.222. The average molecular weight is 199 g/mol. The van der Waals surface area contributed by atoms with Crippen molar-refractivity contribution in [3.63, 3.8) is 0 Å². The van der Waals surface area contributed by atoms with Crippen LogP contribution in [0.4, 0.5) is 0 Å². The van der Waals surface area contributed by atoms with Crippen LogP contribution >= 0.6 is 7.60 Å². The smallest absolute Gasteiger partial charge is 0.309 e. The largest absolute Gasteiger partial charge is 0.356 e. The van der Waals surface area contributed by atoms with Gasteiger partial charge in [0.25, 0.3) is 0 Å². The van der Waals surface area contributed by atoms with Gasteiger partial charge >= 0.3 is 7.60 Å². The molecule has 0 aromatic carbocycles. The highest BCUT2D eigenvalue weighted by molar-refractivity contribution is 7.58. The number of allylic oxidation sites excluding steroid dienone is 1. The predicted octanol–water partition coefficient (Wildman–Crippen LogP) is 2.39. The zero-order valence-electron chi connectivity index (χ0n) is 7.69. The van der Waals surface area contributed by atoms with Crippen LogP contribution in [0.25, 0.3) is 0 Å². The monoisotopic (exact) mass is 199 g/mol. The fourth-order valence-corrected chi connectivity index (χ4v) is 2.07. The summed E-state index contributed by atoms with van der Waals surface area (Å²) >= 11 is 0. The molecule has 4 heteroatoms. The third-order valence-electron chi connectivity index (χ3n) is 1.81. The molecule has 0 aliphatic heterocycles. The van der Waals surface area contributed by atoms with Crippen molar-refractivity contribution >= 4 is 7.60 Å². The van der Waals surface area contributed by atoms with Crippen molar-refractivity contribution in [2.45, 2.75) is 0 Å². The molecule has 0 spiro atoms. The molecule has 1 aliphatic rings. The Morgan fingerprint density at radius 1 is 1.31 bits per heavy atom. The van der Waals surface area contributed by atoms with Gasteiger partial charge in [0.1, 0.15) is 0 Å². The summed E-state index contributed by atoms with van der Waals surface area (Å²) in [6, 6.07) is 0. The summed E-state index contributed by atoms with van der Waals surface area (Å²) in [5.74, 6) is 0.784. The summed E-state index contributed by atoms with van der Waals surface area (Å²) in [6.07, 6.45) is 7.31. The van der Waals surface area contributed by atoms with Crippen LogP contribution in [0.5, 0.6) is 0 Å². The Labute approximate surface area is 79.7 Å². The normalized spacial score (nSPS) is 19.2. The molecule has 0 unspecified atom stereocenters. The molecule has 13 heavy (non-hydrogen) atoms. The first-order valence-corrected chi connectivity index (χ1v) is 5.31. The van der Waals surface area contributed by atoms with E-state index in [4.69, 9.17) is 9.05 Å². The van der Waals surface area contributed by atoms with Gasteiger partial charge in [-0.1, -0.05) is 6.58 Å². The molecule has 0 N–H and O–H groups in total. The van der Waals surface area contributed by atoms with E-state index in [2.05, 4.69) is 6.58 Å². The van der Waals surface area contributed by atoms with Gasteiger partial charge in [-0.25, -0.2) is 0 Å². The molecule has 1 aliphatic carbocycles. The standard InChI is InChI=1S/C9H12O3P/c1-8(9-6-4-5-7-9)13(10,11-2)12-3/h4-7H,1H2,2-3H3. The van der Waals surface area contributed by atoms with Crippen molar-refractivity contribution in [1.82, 2.24) is 0 Å². The maximum atomic E-state index is 11.8. The Morgan fingerprint density at radius 2 is 1.77 bits per heavy atom. The molecule has 0 aromatic rings. The summed E-state index contributed by atoms with van der Waals surface area (Å²) < 4.78 is 21.4. The van der Waals surface area contributed by atoms with Gasteiger partial charge in [0, 0.05) is 25.5 Å². The lowest BCUT2D eigenvalue weighted by molar-refractivity contribution is 0.283. The molecule has 1 rings (SSSR count). The van der Waals surface area contributed by atoms with Crippen LogP contribution in [-0.2, 0) is 13.6 Å². The molecule has 1 saturated carbocycles. The number of rotatable bonds is 4. The predicted molar refractivity (Wildman–Crippen MR) is 51.2 cm³/mol.